The van der Waals surface area contributed by atoms with Gasteiger partial charge in [0.15, 0.2) is 0 Å². The van der Waals surface area contributed by atoms with Crippen LogP contribution in [-0.4, -0.2) is 15.0 Å². The smallest absolute Gasteiger partial charge is 0.250 e. The molecule has 0 unspecified atom stereocenters. The molecule has 1 atom stereocenters. The van der Waals surface area contributed by atoms with Gasteiger partial charge in [0.2, 0.25) is 10.0 Å². The quantitative estimate of drug-likeness (QED) is 0.451. The first-order valence-corrected chi connectivity index (χ1v) is 11.8. The van der Waals surface area contributed by atoms with Gasteiger partial charge >= 0.3 is 0 Å². The Kier molecular flexibility index (Phi) is 7.39. The lowest BCUT2D eigenvalue weighted by molar-refractivity contribution is 0.513. The Balaban J connectivity index is 1.74. The van der Waals surface area contributed by atoms with E-state index in [1.165, 1.54) is 6.07 Å². The van der Waals surface area contributed by atoms with Gasteiger partial charge in [-0.05, 0) is 35.4 Å². The number of nitrogens with one attached hydrogen (secondary N) is 2. The van der Waals surface area contributed by atoms with E-state index in [1.54, 1.807) is 18.2 Å². The van der Waals surface area contributed by atoms with E-state index in [4.69, 9.17) is 34.8 Å². The molecule has 1 heterocycles. The zero-order chi connectivity index (χ0) is 20.1. The van der Waals surface area contributed by atoms with Crippen molar-refractivity contribution in [3.8, 4) is 0 Å². The number of hydrogen-bond donors (Lipinski definition) is 2. The minimum atomic E-state index is -3.64. The van der Waals surface area contributed by atoms with Crippen LogP contribution in [0.2, 0.25) is 14.4 Å². The molecule has 0 saturated heterocycles. The average Bonchev–Trinajstić information content (AvgIpc) is 3.11. The highest BCUT2D eigenvalue weighted by atomic mass is 35.5. The summed E-state index contributed by atoms with van der Waals surface area (Å²) in [6.45, 7) is 0.634. The van der Waals surface area contributed by atoms with Crippen molar-refractivity contribution in [1.82, 2.24) is 10.0 Å². The highest BCUT2D eigenvalue weighted by Crippen LogP contribution is 2.26. The van der Waals surface area contributed by atoms with E-state index in [-0.39, 0.29) is 16.8 Å². The average molecular weight is 476 g/mol. The molecule has 0 spiro atoms. The van der Waals surface area contributed by atoms with Crippen LogP contribution in [0.5, 0.6) is 0 Å². The minimum Gasteiger partial charge on any atom is -0.305 e. The van der Waals surface area contributed by atoms with Crippen molar-refractivity contribution in [3.05, 3.63) is 86.2 Å². The third kappa shape index (κ3) is 5.70. The lowest BCUT2D eigenvalue weighted by Crippen LogP contribution is -2.34. The van der Waals surface area contributed by atoms with Crippen LogP contribution >= 0.6 is 46.1 Å². The van der Waals surface area contributed by atoms with Gasteiger partial charge in [0.25, 0.3) is 0 Å². The third-order valence-electron chi connectivity index (χ3n) is 4.05. The molecule has 3 rings (SSSR count). The molecule has 4 nitrogen and oxygen atoms in total. The Bertz CT molecular complexity index is 1040. The molecule has 0 radical (unpaired) electrons. The zero-order valence-corrected chi connectivity index (χ0v) is 18.4. The molecule has 9 heteroatoms. The van der Waals surface area contributed by atoms with E-state index in [0.717, 1.165) is 22.5 Å². The molecule has 0 aliphatic heterocycles. The van der Waals surface area contributed by atoms with Gasteiger partial charge in [0, 0.05) is 29.2 Å². The SMILES string of the molecule is O=S(=O)(NC[C@H](NCc1ccc(Cl)cc1Cl)c1ccccc1)c1ccc(Cl)s1. The van der Waals surface area contributed by atoms with Gasteiger partial charge in [0.05, 0.1) is 4.34 Å². The van der Waals surface area contributed by atoms with E-state index in [1.807, 2.05) is 36.4 Å². The van der Waals surface area contributed by atoms with E-state index >= 15 is 0 Å². The fourth-order valence-corrected chi connectivity index (χ4v) is 5.65. The summed E-state index contributed by atoms with van der Waals surface area (Å²) in [5.74, 6) is 0. The second kappa shape index (κ2) is 9.59. The number of thiophene rings is 1. The summed E-state index contributed by atoms with van der Waals surface area (Å²) in [5.41, 5.74) is 1.83. The van der Waals surface area contributed by atoms with Crippen LogP contribution in [0.15, 0.2) is 64.9 Å². The Morgan fingerprint density at radius 1 is 0.964 bits per heavy atom. The molecule has 2 N–H and O–H groups in total. The van der Waals surface area contributed by atoms with Crippen LogP contribution in [0.1, 0.15) is 17.2 Å². The van der Waals surface area contributed by atoms with Crippen molar-refractivity contribution < 1.29 is 8.42 Å². The van der Waals surface area contributed by atoms with E-state index in [9.17, 15) is 8.42 Å². The lowest BCUT2D eigenvalue weighted by Gasteiger charge is -2.20. The lowest BCUT2D eigenvalue weighted by atomic mass is 10.1. The first-order valence-electron chi connectivity index (χ1n) is 8.32. The highest BCUT2D eigenvalue weighted by molar-refractivity contribution is 7.91. The minimum absolute atomic E-state index is 0.174. The molecular formula is C19H17Cl3N2O2S2. The van der Waals surface area contributed by atoms with E-state index < -0.39 is 10.0 Å². The summed E-state index contributed by atoms with van der Waals surface area (Å²) < 4.78 is 28.3. The van der Waals surface area contributed by atoms with E-state index in [2.05, 4.69) is 10.0 Å². The summed E-state index contributed by atoms with van der Waals surface area (Å²) in [6.07, 6.45) is 0. The monoisotopic (exact) mass is 474 g/mol. The zero-order valence-electron chi connectivity index (χ0n) is 14.5. The second-order valence-electron chi connectivity index (χ2n) is 5.99. The van der Waals surface area contributed by atoms with Crippen molar-refractivity contribution in [2.75, 3.05) is 6.54 Å². The summed E-state index contributed by atoms with van der Waals surface area (Å²) in [7, 11) is -3.64. The second-order valence-corrected chi connectivity index (χ2v) is 10.5. The van der Waals surface area contributed by atoms with E-state index in [0.29, 0.717) is 20.9 Å². The standard InChI is InChI=1S/C19H17Cl3N2O2S2/c20-15-7-6-14(16(21)10-15)11-23-17(13-4-2-1-3-5-13)12-24-28(25,26)19-9-8-18(22)27-19/h1-10,17,23-24H,11-12H2/t17-/m0/s1. The van der Waals surface area contributed by atoms with Gasteiger partial charge in [-0.1, -0.05) is 71.2 Å². The molecule has 148 valence electrons. The number of rotatable bonds is 8. The maximum absolute atomic E-state index is 12.5. The van der Waals surface area contributed by atoms with Gasteiger partial charge in [-0.3, -0.25) is 0 Å². The molecule has 1 aromatic heterocycles. The molecule has 28 heavy (non-hydrogen) atoms. The number of benzene rings is 2. The van der Waals surface area contributed by atoms with Gasteiger partial charge in [0.1, 0.15) is 4.21 Å². The maximum atomic E-state index is 12.5. The largest absolute Gasteiger partial charge is 0.305 e. The molecule has 0 aliphatic carbocycles. The maximum Gasteiger partial charge on any atom is 0.250 e. The summed E-state index contributed by atoms with van der Waals surface area (Å²) in [4.78, 5) is 0. The third-order valence-corrected chi connectivity index (χ3v) is 7.78. The van der Waals surface area contributed by atoms with Crippen LogP contribution in [-0.2, 0) is 16.6 Å². The summed E-state index contributed by atoms with van der Waals surface area (Å²) in [5, 5.41) is 4.49. The van der Waals surface area contributed by atoms with Crippen molar-refractivity contribution in [2.24, 2.45) is 0 Å². The Morgan fingerprint density at radius 2 is 1.71 bits per heavy atom. The van der Waals surface area contributed by atoms with Crippen molar-refractivity contribution in [3.63, 3.8) is 0 Å². The Labute approximate surface area is 183 Å². The van der Waals surface area contributed by atoms with Crippen LogP contribution in [0.25, 0.3) is 0 Å². The fourth-order valence-electron chi connectivity index (χ4n) is 2.60. The molecule has 0 aliphatic rings. The molecule has 0 fully saturated rings. The predicted molar refractivity (Wildman–Crippen MR) is 117 cm³/mol. The molecular weight excluding hydrogens is 459 g/mol. The fraction of sp³-hybridized carbons (Fsp3) is 0.158. The number of halogens is 3. The van der Waals surface area contributed by atoms with Crippen molar-refractivity contribution in [2.45, 2.75) is 16.8 Å². The van der Waals surface area contributed by atoms with Gasteiger partial charge in [-0.15, -0.1) is 11.3 Å². The topological polar surface area (TPSA) is 58.2 Å². The van der Waals surface area contributed by atoms with Gasteiger partial charge in [-0.25, -0.2) is 13.1 Å². The predicted octanol–water partition coefficient (Wildman–Crippen LogP) is 5.52. The molecule has 2 aromatic carbocycles. The first-order chi connectivity index (χ1) is 13.3. The van der Waals surface area contributed by atoms with Crippen LogP contribution in [0, 0.1) is 0 Å². The van der Waals surface area contributed by atoms with Crippen LogP contribution < -0.4 is 10.0 Å². The van der Waals surface area contributed by atoms with Gasteiger partial charge in [-0.2, -0.15) is 0 Å². The molecule has 0 saturated carbocycles. The Hall–Kier alpha value is -1.12. The normalized spacial score (nSPS) is 12.8. The number of sulfonamides is 1. The number of hydrogen-bond acceptors (Lipinski definition) is 4. The van der Waals surface area contributed by atoms with Crippen LogP contribution in [0.4, 0.5) is 0 Å². The molecule has 0 amide bonds. The Morgan fingerprint density at radius 3 is 2.36 bits per heavy atom. The van der Waals surface area contributed by atoms with Gasteiger partial charge < -0.3 is 5.32 Å². The van der Waals surface area contributed by atoms with Crippen molar-refractivity contribution in [1.29, 1.82) is 0 Å². The molecule has 3 aromatic rings. The first kappa shape index (κ1) is 21.6. The molecule has 0 bridgehead atoms. The van der Waals surface area contributed by atoms with Crippen LogP contribution in [0.3, 0.4) is 0 Å². The highest BCUT2D eigenvalue weighted by Gasteiger charge is 2.20. The summed E-state index contributed by atoms with van der Waals surface area (Å²) in [6, 6.07) is 17.7. The summed E-state index contributed by atoms with van der Waals surface area (Å²) >= 11 is 19.1. The van der Waals surface area contributed by atoms with Crippen molar-refractivity contribution >= 4 is 56.2 Å².